The number of methoxy groups -OCH3 is 1. The second kappa shape index (κ2) is 17.4. The summed E-state index contributed by atoms with van der Waals surface area (Å²) in [7, 11) is 4.69. The lowest BCUT2D eigenvalue weighted by Crippen LogP contribution is -2.54. The molecule has 4 atom stereocenters. The minimum atomic E-state index is -0.944. The Balaban J connectivity index is 3.14. The lowest BCUT2D eigenvalue weighted by Gasteiger charge is -2.28. The molecule has 1 aliphatic heterocycles. The minimum Gasteiger partial charge on any atom is -0.467 e. The highest BCUT2D eigenvalue weighted by atomic mass is 16.5. The minimum absolute atomic E-state index is 0.0535. The Morgan fingerprint density at radius 1 is 0.972 bits per heavy atom. The molecular formula is C28H51N3O5. The molecule has 0 bridgehead atoms. The van der Waals surface area contributed by atoms with Gasteiger partial charge in [-0.05, 0) is 38.0 Å². The summed E-state index contributed by atoms with van der Waals surface area (Å²) in [5.41, 5.74) is 0. The maximum Gasteiger partial charge on any atom is 0.328 e. The van der Waals surface area contributed by atoms with E-state index < -0.39 is 24.0 Å². The van der Waals surface area contributed by atoms with Crippen molar-refractivity contribution in [1.29, 1.82) is 0 Å². The summed E-state index contributed by atoms with van der Waals surface area (Å²) in [6, 6.07) is -1.68. The van der Waals surface area contributed by atoms with Crippen molar-refractivity contribution >= 4 is 23.7 Å². The van der Waals surface area contributed by atoms with Gasteiger partial charge in [0.1, 0.15) is 12.1 Å². The maximum absolute atomic E-state index is 13.3. The Bertz CT molecular complexity index is 695. The molecule has 1 aliphatic rings. The van der Waals surface area contributed by atoms with Crippen molar-refractivity contribution in [3.63, 3.8) is 0 Å². The molecule has 0 saturated carbocycles. The number of rotatable bonds is 10. The van der Waals surface area contributed by atoms with E-state index >= 15 is 0 Å². The van der Waals surface area contributed by atoms with Crippen LogP contribution >= 0.6 is 0 Å². The van der Waals surface area contributed by atoms with E-state index in [-0.39, 0.29) is 36.0 Å². The fraction of sp³-hybridized carbons (Fsp3) is 0.857. The number of hydrogen-bond acceptors (Lipinski definition) is 5. The molecule has 1 saturated heterocycles. The third kappa shape index (κ3) is 11.7. The largest absolute Gasteiger partial charge is 0.467 e. The van der Waals surface area contributed by atoms with E-state index in [1.807, 2.05) is 13.8 Å². The van der Waals surface area contributed by atoms with Gasteiger partial charge in [0.05, 0.1) is 7.11 Å². The molecule has 3 amide bonds. The number of nitrogens with zero attached hydrogens (tertiary/aromatic N) is 1. The number of carbonyl (C=O) groups is 4. The first-order chi connectivity index (χ1) is 17.1. The third-order valence-electron chi connectivity index (χ3n) is 7.08. The number of ether oxygens (including phenoxy) is 1. The van der Waals surface area contributed by atoms with Crippen LogP contribution in [-0.4, -0.2) is 61.9 Å². The van der Waals surface area contributed by atoms with Crippen LogP contribution in [0.1, 0.15) is 104 Å². The molecule has 0 spiro atoms. The summed E-state index contributed by atoms with van der Waals surface area (Å²) >= 11 is 0. The van der Waals surface area contributed by atoms with E-state index in [0.717, 1.165) is 44.9 Å². The summed E-state index contributed by atoms with van der Waals surface area (Å²) in [5.74, 6) is -1.45. The highest BCUT2D eigenvalue weighted by molar-refractivity contribution is 5.91. The Morgan fingerprint density at radius 3 is 2.25 bits per heavy atom. The number of amides is 3. The number of carbonyl (C=O) groups excluding carboxylic acids is 4. The van der Waals surface area contributed by atoms with Crippen LogP contribution in [0, 0.1) is 17.8 Å². The average molecular weight is 510 g/mol. The highest BCUT2D eigenvalue weighted by Gasteiger charge is 2.33. The van der Waals surface area contributed by atoms with Crippen LogP contribution in [-0.2, 0) is 23.9 Å². The van der Waals surface area contributed by atoms with Crippen LogP contribution in [0.25, 0.3) is 0 Å². The standard InChI is InChI=1S/C28H51N3O5/c1-7-8-9-10-12-15-21-16-13-11-14-17-22(27(34)31(4)5)19-24(28(35)36-6)30-26(33)23(18-20(2)3)29-25(21)32/h20-24H,7-19H2,1-6H3,(H,29,32)(H,30,33)/t21?,22?,23-,24-/m0/s1. The van der Waals surface area contributed by atoms with E-state index in [1.54, 1.807) is 19.0 Å². The van der Waals surface area contributed by atoms with Gasteiger partial charge in [0, 0.05) is 25.9 Å². The first kappa shape index (κ1) is 31.9. The van der Waals surface area contributed by atoms with Crippen LogP contribution in [0.5, 0.6) is 0 Å². The van der Waals surface area contributed by atoms with Gasteiger partial charge in [0.15, 0.2) is 0 Å². The summed E-state index contributed by atoms with van der Waals surface area (Å²) in [6.45, 7) is 6.19. The first-order valence-electron chi connectivity index (χ1n) is 14.0. The number of hydrogen-bond donors (Lipinski definition) is 2. The predicted molar refractivity (Wildman–Crippen MR) is 142 cm³/mol. The van der Waals surface area contributed by atoms with Crippen molar-refractivity contribution < 1.29 is 23.9 Å². The zero-order valence-corrected chi connectivity index (χ0v) is 23.6. The number of unbranched alkanes of at least 4 members (excludes halogenated alkanes) is 4. The van der Waals surface area contributed by atoms with E-state index in [1.165, 1.54) is 26.4 Å². The maximum atomic E-state index is 13.3. The van der Waals surface area contributed by atoms with Crippen LogP contribution < -0.4 is 10.6 Å². The molecular weight excluding hydrogens is 458 g/mol. The van der Waals surface area contributed by atoms with Gasteiger partial charge in [0.2, 0.25) is 17.7 Å². The summed E-state index contributed by atoms with van der Waals surface area (Å²) in [4.78, 5) is 53.6. The Morgan fingerprint density at radius 2 is 1.64 bits per heavy atom. The second-order valence-corrected chi connectivity index (χ2v) is 11.0. The highest BCUT2D eigenvalue weighted by Crippen LogP contribution is 2.23. The molecule has 36 heavy (non-hydrogen) atoms. The van der Waals surface area contributed by atoms with Crippen LogP contribution in [0.4, 0.5) is 0 Å². The summed E-state index contributed by atoms with van der Waals surface area (Å²) < 4.78 is 4.96. The van der Waals surface area contributed by atoms with Gasteiger partial charge < -0.3 is 20.3 Å². The molecule has 0 aromatic carbocycles. The van der Waals surface area contributed by atoms with Gasteiger partial charge >= 0.3 is 5.97 Å². The van der Waals surface area contributed by atoms with Crippen molar-refractivity contribution in [1.82, 2.24) is 15.5 Å². The quantitative estimate of drug-likeness (QED) is 0.339. The zero-order chi connectivity index (χ0) is 27.1. The fourth-order valence-corrected chi connectivity index (χ4v) is 4.97. The molecule has 208 valence electrons. The van der Waals surface area contributed by atoms with Gasteiger partial charge in [-0.15, -0.1) is 0 Å². The Hall–Kier alpha value is -2.12. The average Bonchev–Trinajstić information content (AvgIpc) is 2.83. The molecule has 8 heteroatoms. The topological polar surface area (TPSA) is 105 Å². The van der Waals surface area contributed by atoms with Crippen molar-refractivity contribution in [2.45, 2.75) is 116 Å². The zero-order valence-electron chi connectivity index (χ0n) is 23.6. The molecule has 1 rings (SSSR count). The molecule has 0 aliphatic carbocycles. The molecule has 1 heterocycles. The van der Waals surface area contributed by atoms with Crippen LogP contribution in [0.3, 0.4) is 0 Å². The first-order valence-corrected chi connectivity index (χ1v) is 14.0. The van der Waals surface area contributed by atoms with E-state index in [9.17, 15) is 19.2 Å². The van der Waals surface area contributed by atoms with Crippen molar-refractivity contribution in [2.75, 3.05) is 21.2 Å². The molecule has 1 fully saturated rings. The SMILES string of the molecule is CCCCCCCC1CCCCCC(C(=O)N(C)C)C[C@@H](C(=O)OC)NC(=O)[C@H](CC(C)C)NC1=O. The van der Waals surface area contributed by atoms with Crippen LogP contribution in [0.2, 0.25) is 0 Å². The molecule has 2 unspecified atom stereocenters. The predicted octanol–water partition coefficient (Wildman–Crippen LogP) is 4.21. The molecule has 8 nitrogen and oxygen atoms in total. The van der Waals surface area contributed by atoms with Gasteiger partial charge in [-0.25, -0.2) is 4.79 Å². The monoisotopic (exact) mass is 509 g/mol. The van der Waals surface area contributed by atoms with Crippen molar-refractivity contribution in [3.8, 4) is 0 Å². The molecule has 0 aromatic heterocycles. The number of esters is 1. The smallest absolute Gasteiger partial charge is 0.328 e. The normalized spacial score (nSPS) is 24.4. The van der Waals surface area contributed by atoms with Crippen molar-refractivity contribution in [3.05, 3.63) is 0 Å². The van der Waals surface area contributed by atoms with Gasteiger partial charge in [0.25, 0.3) is 0 Å². The van der Waals surface area contributed by atoms with Gasteiger partial charge in [-0.2, -0.15) is 0 Å². The van der Waals surface area contributed by atoms with Gasteiger partial charge in [-0.1, -0.05) is 72.1 Å². The summed E-state index contributed by atoms with van der Waals surface area (Å²) in [6.07, 6.45) is 11.2. The van der Waals surface area contributed by atoms with E-state index in [0.29, 0.717) is 12.8 Å². The number of nitrogens with one attached hydrogen (secondary N) is 2. The second-order valence-electron chi connectivity index (χ2n) is 11.0. The van der Waals surface area contributed by atoms with E-state index in [2.05, 4.69) is 17.6 Å². The molecule has 2 N–H and O–H groups in total. The van der Waals surface area contributed by atoms with E-state index in [4.69, 9.17) is 4.74 Å². The van der Waals surface area contributed by atoms with Crippen molar-refractivity contribution in [2.24, 2.45) is 17.8 Å². The summed E-state index contributed by atoms with van der Waals surface area (Å²) in [5, 5.41) is 5.81. The lowest BCUT2D eigenvalue weighted by molar-refractivity contribution is -0.146. The Kier molecular flexibility index (Phi) is 15.4. The van der Waals surface area contributed by atoms with Gasteiger partial charge in [-0.3, -0.25) is 14.4 Å². The molecule has 0 aromatic rings. The third-order valence-corrected chi connectivity index (χ3v) is 7.08. The Labute approximate surface area is 218 Å². The lowest BCUT2D eigenvalue weighted by atomic mass is 9.89. The molecule has 0 radical (unpaired) electrons. The fourth-order valence-electron chi connectivity index (χ4n) is 4.97. The van der Waals surface area contributed by atoms with Crippen LogP contribution in [0.15, 0.2) is 0 Å².